The molecule has 0 aliphatic heterocycles. The predicted molar refractivity (Wildman–Crippen MR) is 67.3 cm³/mol. The van der Waals surface area contributed by atoms with E-state index in [0.717, 1.165) is 0 Å². The van der Waals surface area contributed by atoms with Crippen LogP contribution in [-0.4, -0.2) is 15.0 Å². The molecule has 30 heavy (non-hydrogen) atoms. The Kier molecular flexibility index (Phi) is 7.20. The summed E-state index contributed by atoms with van der Waals surface area (Å²) in [6.45, 7) is 0. The molecule has 0 N–H and O–H groups in total. The van der Waals surface area contributed by atoms with Gasteiger partial charge in [0.1, 0.15) is 0 Å². The van der Waals surface area contributed by atoms with Crippen LogP contribution in [0.15, 0.2) is 0 Å². The van der Waals surface area contributed by atoms with Crippen molar-refractivity contribution in [3.63, 3.8) is 0 Å². The minimum atomic E-state index is -5.10. The van der Waals surface area contributed by atoms with Crippen LogP contribution < -0.4 is 71.5 Å². The molecule has 0 aliphatic carbocycles. The van der Waals surface area contributed by atoms with Crippen molar-refractivity contribution in [2.24, 2.45) is 0 Å². The monoisotopic (exact) mass is 420 g/mol. The average Bonchev–Trinajstić information content (AvgIpc) is 3.19. The molecule has 0 bridgehead atoms. The molecule has 0 atom stereocenters. The largest absolute Gasteiger partial charge is 1.00 e. The van der Waals surface area contributed by atoms with Crippen LogP contribution in [0.2, 0.25) is 0 Å². The maximum Gasteiger partial charge on any atom is 1.00 e. The second-order valence-electron chi connectivity index (χ2n) is 5.23. The Morgan fingerprint density at radius 1 is 0.433 bits per heavy atom. The fourth-order valence-electron chi connectivity index (χ4n) is 2.40. The molecular weight excluding hydrogens is 420 g/mol. The van der Waals surface area contributed by atoms with Crippen LogP contribution in [0.25, 0.3) is 33.1 Å². The molecule has 0 saturated heterocycles. The van der Waals surface area contributed by atoms with Crippen molar-refractivity contribution in [3.05, 3.63) is 17.5 Å². The molecule has 0 amide bonds. The molecule has 0 radical (unpaired) electrons. The first kappa shape index (κ1) is 26.8. The van der Waals surface area contributed by atoms with Crippen molar-refractivity contribution in [2.75, 3.05) is 0 Å². The summed E-state index contributed by atoms with van der Waals surface area (Å²) in [5, 5.41) is 0. The first-order chi connectivity index (χ1) is 12.3. The van der Waals surface area contributed by atoms with Crippen LogP contribution in [0, 0.1) is 0 Å². The van der Waals surface area contributed by atoms with Crippen LogP contribution >= 0.6 is 0 Å². The Morgan fingerprint density at radius 2 is 0.633 bits per heavy atom. The SMILES string of the molecule is FC(F)(F)c1nc2c([n-]1)c1nc(C(F)(F)F)[n-]c1c1nc(C(F)(F)F)[n-]c21.[Li+].[Li+].[Li+]. The Morgan fingerprint density at radius 3 is 0.800 bits per heavy atom. The van der Waals surface area contributed by atoms with Gasteiger partial charge in [0.25, 0.3) is 0 Å². The van der Waals surface area contributed by atoms with Crippen LogP contribution in [0.4, 0.5) is 39.5 Å². The molecule has 4 aromatic rings. The number of hydrogen-bond donors (Lipinski definition) is 0. The van der Waals surface area contributed by atoms with Gasteiger partial charge in [0.15, 0.2) is 0 Å². The molecule has 3 heterocycles. The fraction of sp³-hybridized carbons (Fsp3) is 0.250. The molecular formula is C12F9Li3N6. The molecule has 0 spiro atoms. The number of benzene rings is 1. The molecule has 0 saturated carbocycles. The van der Waals surface area contributed by atoms with Crippen molar-refractivity contribution < 1.29 is 96.1 Å². The zero-order valence-corrected chi connectivity index (χ0v) is 15.1. The molecule has 0 unspecified atom stereocenters. The second-order valence-corrected chi connectivity index (χ2v) is 5.23. The summed E-state index contributed by atoms with van der Waals surface area (Å²) in [5.74, 6) is -5.29. The van der Waals surface area contributed by atoms with Gasteiger partial charge in [-0.25, -0.2) is 0 Å². The molecule has 3 aromatic heterocycles. The van der Waals surface area contributed by atoms with Gasteiger partial charge in [-0.2, -0.15) is 39.5 Å². The summed E-state index contributed by atoms with van der Waals surface area (Å²) in [6, 6.07) is 0. The van der Waals surface area contributed by atoms with Crippen LogP contribution in [0.5, 0.6) is 0 Å². The molecule has 0 aliphatic rings. The molecule has 18 heteroatoms. The minimum Gasteiger partial charge on any atom is -0.432 e. The third-order valence-electron chi connectivity index (χ3n) is 3.41. The fourth-order valence-corrected chi connectivity index (χ4v) is 2.40. The van der Waals surface area contributed by atoms with Gasteiger partial charge in [0.2, 0.25) is 0 Å². The quantitative estimate of drug-likeness (QED) is 0.209. The maximum absolute atomic E-state index is 12.9. The van der Waals surface area contributed by atoms with Gasteiger partial charge in [-0.05, 0) is 33.1 Å². The summed E-state index contributed by atoms with van der Waals surface area (Å²) < 4.78 is 116. The van der Waals surface area contributed by atoms with Gasteiger partial charge in [-0.1, -0.05) is 0 Å². The zero-order valence-electron chi connectivity index (χ0n) is 15.1. The van der Waals surface area contributed by atoms with Gasteiger partial charge in [0.05, 0.1) is 0 Å². The summed E-state index contributed by atoms with van der Waals surface area (Å²) in [6.07, 6.45) is -15.3. The van der Waals surface area contributed by atoms with E-state index in [9.17, 15) is 39.5 Å². The van der Waals surface area contributed by atoms with Crippen molar-refractivity contribution in [1.82, 2.24) is 29.9 Å². The van der Waals surface area contributed by atoms with Gasteiger partial charge in [-0.15, -0.1) is 0 Å². The summed E-state index contributed by atoms with van der Waals surface area (Å²) in [5.41, 5.74) is -4.83. The summed E-state index contributed by atoms with van der Waals surface area (Å²) in [4.78, 5) is 18.4. The summed E-state index contributed by atoms with van der Waals surface area (Å²) in [7, 11) is 0. The standard InChI is InChI=1S/C12F9N6.3Li/c13-10(14,15)7-22-1-2(23-7)4-6(27-9(26-4)12(19,20)21)5-3(1)24-8(25-5)11(16,17)18;;;/q-3;3*+1. The van der Waals surface area contributed by atoms with Crippen LogP contribution in [0.3, 0.4) is 0 Å². The van der Waals surface area contributed by atoms with E-state index in [0.29, 0.717) is 0 Å². The number of aromatic nitrogens is 6. The van der Waals surface area contributed by atoms with E-state index in [1.807, 2.05) is 0 Å². The first-order valence-electron chi connectivity index (χ1n) is 6.63. The Labute approximate surface area is 194 Å². The van der Waals surface area contributed by atoms with E-state index in [-0.39, 0.29) is 56.6 Å². The zero-order chi connectivity index (χ0) is 19.9. The van der Waals surface area contributed by atoms with Crippen molar-refractivity contribution in [3.8, 4) is 0 Å². The van der Waals surface area contributed by atoms with Crippen molar-refractivity contribution >= 4 is 33.1 Å². The average molecular weight is 420 g/mol. The third kappa shape index (κ3) is 4.25. The Balaban J connectivity index is 0.00000150. The Bertz CT molecular complexity index is 954. The molecule has 6 nitrogen and oxygen atoms in total. The minimum absolute atomic E-state index is 0. The van der Waals surface area contributed by atoms with E-state index < -0.39 is 69.1 Å². The number of halogens is 9. The third-order valence-corrected chi connectivity index (χ3v) is 3.41. The van der Waals surface area contributed by atoms with Crippen molar-refractivity contribution in [2.45, 2.75) is 18.5 Å². The van der Waals surface area contributed by atoms with Gasteiger partial charge in [0, 0.05) is 17.5 Å². The second kappa shape index (κ2) is 8.05. The van der Waals surface area contributed by atoms with E-state index in [4.69, 9.17) is 0 Å². The number of fused-ring (bicyclic) bond motifs is 6. The van der Waals surface area contributed by atoms with Gasteiger partial charge >= 0.3 is 75.1 Å². The molecule has 144 valence electrons. The first-order valence-corrected chi connectivity index (χ1v) is 6.63. The van der Waals surface area contributed by atoms with Gasteiger partial charge < -0.3 is 29.9 Å². The Hall–Kier alpha value is -1.21. The topological polar surface area (TPSA) is 81.0 Å². The van der Waals surface area contributed by atoms with E-state index in [1.54, 1.807) is 0 Å². The van der Waals surface area contributed by atoms with E-state index in [2.05, 4.69) is 29.9 Å². The number of hydrogen-bond acceptors (Lipinski definition) is 3. The normalized spacial score (nSPS) is 12.7. The molecule has 1 aromatic carbocycles. The number of imidazole rings is 3. The van der Waals surface area contributed by atoms with Gasteiger partial charge in [-0.3, -0.25) is 0 Å². The maximum atomic E-state index is 12.9. The van der Waals surface area contributed by atoms with E-state index >= 15 is 0 Å². The van der Waals surface area contributed by atoms with Crippen LogP contribution in [0.1, 0.15) is 17.5 Å². The molecule has 0 fully saturated rings. The van der Waals surface area contributed by atoms with Crippen molar-refractivity contribution in [1.29, 1.82) is 0 Å². The van der Waals surface area contributed by atoms with Crippen LogP contribution in [-0.2, 0) is 18.5 Å². The summed E-state index contributed by atoms with van der Waals surface area (Å²) >= 11 is 0. The molecule has 4 rings (SSSR count). The smallest absolute Gasteiger partial charge is 0.432 e. The number of alkyl halides is 9. The predicted octanol–water partition coefficient (Wildman–Crippen LogP) is -5.73. The number of nitrogens with zero attached hydrogens (tertiary/aromatic N) is 6. The van der Waals surface area contributed by atoms with E-state index in [1.165, 1.54) is 0 Å². The number of rotatable bonds is 0.